The summed E-state index contributed by atoms with van der Waals surface area (Å²) < 4.78 is 12.6. The quantitative estimate of drug-likeness (QED) is 0.755. The molecule has 3 N–H and O–H groups in total. The van der Waals surface area contributed by atoms with Crippen LogP contribution in [0.25, 0.3) is 0 Å². The first-order valence-corrected chi connectivity index (χ1v) is 5.96. The predicted molar refractivity (Wildman–Crippen MR) is 68.9 cm³/mol. The Morgan fingerprint density at radius 3 is 2.50 bits per heavy atom. The predicted octanol–water partition coefficient (Wildman–Crippen LogP) is 2.35. The van der Waals surface area contributed by atoms with Crippen molar-refractivity contribution < 1.29 is 14.3 Å². The molecule has 100 valence electrons. The second kappa shape index (κ2) is 6.96. The number of aliphatic hydroxyl groups excluding tert-OH is 1. The van der Waals surface area contributed by atoms with E-state index in [2.05, 4.69) is 10.6 Å². The summed E-state index contributed by atoms with van der Waals surface area (Å²) in [5, 5.41) is 14.5. The van der Waals surface area contributed by atoms with Crippen molar-refractivity contribution in [2.75, 3.05) is 11.9 Å². The zero-order chi connectivity index (χ0) is 13.5. The zero-order valence-electron chi connectivity index (χ0n) is 10.6. The van der Waals surface area contributed by atoms with Crippen molar-refractivity contribution >= 4 is 11.7 Å². The smallest absolute Gasteiger partial charge is 0.319 e. The normalized spacial score (nSPS) is 13.8. The molecule has 2 unspecified atom stereocenters. The number of rotatable bonds is 5. The molecule has 0 aliphatic carbocycles. The van der Waals surface area contributed by atoms with Gasteiger partial charge in [-0.1, -0.05) is 6.92 Å². The molecule has 5 heteroatoms. The topological polar surface area (TPSA) is 61.4 Å². The molecule has 0 aliphatic rings. The van der Waals surface area contributed by atoms with Gasteiger partial charge in [0.05, 0.1) is 6.10 Å². The number of hydrogen-bond donors (Lipinski definition) is 3. The molecule has 0 saturated heterocycles. The lowest BCUT2D eigenvalue weighted by molar-refractivity contribution is 0.163. The number of carbonyl (C=O) groups is 1. The molecule has 1 aromatic rings. The summed E-state index contributed by atoms with van der Waals surface area (Å²) in [5.74, 6) is -0.143. The minimum atomic E-state index is -0.373. The van der Waals surface area contributed by atoms with Gasteiger partial charge in [-0.3, -0.25) is 0 Å². The number of benzene rings is 1. The van der Waals surface area contributed by atoms with Gasteiger partial charge < -0.3 is 15.7 Å². The van der Waals surface area contributed by atoms with Crippen molar-refractivity contribution in [1.29, 1.82) is 0 Å². The zero-order valence-corrected chi connectivity index (χ0v) is 10.6. The molecule has 4 nitrogen and oxygen atoms in total. The van der Waals surface area contributed by atoms with Crippen molar-refractivity contribution in [1.82, 2.24) is 5.32 Å². The summed E-state index contributed by atoms with van der Waals surface area (Å²) >= 11 is 0. The van der Waals surface area contributed by atoms with E-state index < -0.39 is 0 Å². The van der Waals surface area contributed by atoms with Gasteiger partial charge in [0.2, 0.25) is 0 Å². The molecule has 0 radical (unpaired) electrons. The van der Waals surface area contributed by atoms with E-state index in [1.807, 2.05) is 6.92 Å². The Labute approximate surface area is 106 Å². The van der Waals surface area contributed by atoms with Crippen LogP contribution in [0.1, 0.15) is 20.3 Å². The Hall–Kier alpha value is -1.62. The van der Waals surface area contributed by atoms with E-state index in [9.17, 15) is 14.3 Å². The first kappa shape index (κ1) is 14.4. The van der Waals surface area contributed by atoms with Crippen molar-refractivity contribution in [2.24, 2.45) is 5.92 Å². The van der Waals surface area contributed by atoms with E-state index >= 15 is 0 Å². The third-order valence-corrected chi connectivity index (χ3v) is 2.46. The Morgan fingerprint density at radius 1 is 1.33 bits per heavy atom. The number of carbonyl (C=O) groups excluding carboxylic acids is 1. The van der Waals surface area contributed by atoms with E-state index in [-0.39, 0.29) is 23.9 Å². The highest BCUT2D eigenvalue weighted by molar-refractivity contribution is 5.89. The molecule has 0 aromatic heterocycles. The number of anilines is 1. The monoisotopic (exact) mass is 254 g/mol. The third-order valence-electron chi connectivity index (χ3n) is 2.46. The van der Waals surface area contributed by atoms with E-state index in [1.165, 1.54) is 24.3 Å². The first-order valence-electron chi connectivity index (χ1n) is 5.96. The molecule has 0 saturated carbocycles. The van der Waals surface area contributed by atoms with Crippen molar-refractivity contribution in [3.05, 3.63) is 30.1 Å². The average Bonchev–Trinajstić information content (AvgIpc) is 2.29. The Kier molecular flexibility index (Phi) is 5.58. The van der Waals surface area contributed by atoms with Crippen LogP contribution >= 0.6 is 0 Å². The minimum Gasteiger partial charge on any atom is -0.393 e. The van der Waals surface area contributed by atoms with Crippen LogP contribution in [-0.4, -0.2) is 23.8 Å². The number of amides is 2. The molecule has 0 spiro atoms. The molecular weight excluding hydrogens is 235 g/mol. The summed E-state index contributed by atoms with van der Waals surface area (Å²) in [6.07, 6.45) is 0.263. The molecule has 2 amide bonds. The highest BCUT2D eigenvalue weighted by Crippen LogP contribution is 2.08. The van der Waals surface area contributed by atoms with Crippen LogP contribution in [0.3, 0.4) is 0 Å². The maximum Gasteiger partial charge on any atom is 0.319 e. The number of urea groups is 1. The van der Waals surface area contributed by atoms with Crippen LogP contribution in [0.5, 0.6) is 0 Å². The van der Waals surface area contributed by atoms with Crippen molar-refractivity contribution in [3.63, 3.8) is 0 Å². The molecule has 0 heterocycles. The van der Waals surface area contributed by atoms with E-state index in [4.69, 9.17) is 0 Å². The van der Waals surface area contributed by atoms with Gasteiger partial charge in [0, 0.05) is 12.2 Å². The Balaban J connectivity index is 2.31. The maximum atomic E-state index is 12.6. The fraction of sp³-hybridized carbons (Fsp3) is 0.462. The van der Waals surface area contributed by atoms with Crippen LogP contribution in [-0.2, 0) is 0 Å². The number of aliphatic hydroxyl groups is 1. The van der Waals surface area contributed by atoms with Crippen molar-refractivity contribution in [3.8, 4) is 0 Å². The summed E-state index contributed by atoms with van der Waals surface area (Å²) in [6, 6.07) is 5.22. The van der Waals surface area contributed by atoms with Crippen LogP contribution in [0.2, 0.25) is 0 Å². The van der Waals surface area contributed by atoms with Gasteiger partial charge >= 0.3 is 6.03 Å². The molecule has 1 rings (SSSR count). The van der Waals surface area contributed by atoms with Gasteiger partial charge in [0.25, 0.3) is 0 Å². The van der Waals surface area contributed by atoms with Gasteiger partial charge in [-0.25, -0.2) is 9.18 Å². The molecule has 0 bridgehead atoms. The fourth-order valence-corrected chi connectivity index (χ4v) is 1.64. The number of hydrogen-bond acceptors (Lipinski definition) is 2. The lowest BCUT2D eigenvalue weighted by Crippen LogP contribution is -2.33. The van der Waals surface area contributed by atoms with E-state index in [1.54, 1.807) is 6.92 Å². The standard InChI is InChI=1S/C13H19FN2O2/c1-9(7-10(2)17)8-15-13(18)16-12-5-3-11(14)4-6-12/h3-6,9-10,17H,7-8H2,1-2H3,(H2,15,16,18). The van der Waals surface area contributed by atoms with Gasteiger partial charge in [-0.2, -0.15) is 0 Å². The molecule has 2 atom stereocenters. The number of nitrogens with one attached hydrogen (secondary N) is 2. The lowest BCUT2D eigenvalue weighted by atomic mass is 10.1. The molecular formula is C13H19FN2O2. The SMILES string of the molecule is CC(O)CC(C)CNC(=O)Nc1ccc(F)cc1. The van der Waals surface area contributed by atoms with Gasteiger partial charge in [0.1, 0.15) is 5.82 Å². The summed E-state index contributed by atoms with van der Waals surface area (Å²) in [7, 11) is 0. The van der Waals surface area contributed by atoms with Crippen LogP contribution < -0.4 is 10.6 Å². The number of halogens is 1. The van der Waals surface area contributed by atoms with Crippen LogP contribution in [0.15, 0.2) is 24.3 Å². The lowest BCUT2D eigenvalue weighted by Gasteiger charge is -2.14. The average molecular weight is 254 g/mol. The molecule has 18 heavy (non-hydrogen) atoms. The van der Waals surface area contributed by atoms with Gasteiger partial charge in [-0.05, 0) is 43.5 Å². The second-order valence-electron chi connectivity index (χ2n) is 4.53. The first-order chi connectivity index (χ1) is 8.47. The van der Waals surface area contributed by atoms with Crippen molar-refractivity contribution in [2.45, 2.75) is 26.4 Å². The molecule has 0 aliphatic heterocycles. The molecule has 1 aromatic carbocycles. The Morgan fingerprint density at radius 2 is 1.94 bits per heavy atom. The Bertz CT molecular complexity index is 379. The van der Waals surface area contributed by atoms with E-state index in [0.717, 1.165) is 0 Å². The minimum absolute atomic E-state index is 0.198. The molecule has 0 fully saturated rings. The summed E-state index contributed by atoms with van der Waals surface area (Å²) in [4.78, 5) is 11.5. The maximum absolute atomic E-state index is 12.6. The van der Waals surface area contributed by atoms with Crippen LogP contribution in [0, 0.1) is 11.7 Å². The van der Waals surface area contributed by atoms with Gasteiger partial charge in [-0.15, -0.1) is 0 Å². The van der Waals surface area contributed by atoms with Crippen LogP contribution in [0.4, 0.5) is 14.9 Å². The second-order valence-corrected chi connectivity index (χ2v) is 4.53. The highest BCUT2D eigenvalue weighted by Gasteiger charge is 2.08. The third kappa shape index (κ3) is 5.63. The summed E-state index contributed by atoms with van der Waals surface area (Å²) in [5.41, 5.74) is 0.539. The largest absolute Gasteiger partial charge is 0.393 e. The van der Waals surface area contributed by atoms with E-state index in [0.29, 0.717) is 18.7 Å². The summed E-state index contributed by atoms with van der Waals surface area (Å²) in [6.45, 7) is 4.15. The fourth-order valence-electron chi connectivity index (χ4n) is 1.64. The highest BCUT2D eigenvalue weighted by atomic mass is 19.1. The van der Waals surface area contributed by atoms with Gasteiger partial charge in [0.15, 0.2) is 0 Å².